The smallest absolute Gasteiger partial charge is 0.0542 e. The Bertz CT molecular complexity index is 342. The van der Waals surface area contributed by atoms with Crippen molar-refractivity contribution < 1.29 is 4.21 Å². The van der Waals surface area contributed by atoms with Crippen LogP contribution in [0.5, 0.6) is 0 Å². The SMILES string of the molecule is CCCCCS(=O)Cc1ccnc(CN)c1. The molecular weight excluding hydrogens is 220 g/mol. The largest absolute Gasteiger partial charge is 0.325 e. The van der Waals surface area contributed by atoms with Crippen LogP contribution in [-0.4, -0.2) is 14.9 Å². The first-order valence-corrected chi connectivity index (χ1v) is 7.24. The highest BCUT2D eigenvalue weighted by atomic mass is 32.2. The maximum atomic E-state index is 11.7. The van der Waals surface area contributed by atoms with E-state index in [1.54, 1.807) is 6.20 Å². The van der Waals surface area contributed by atoms with Crippen molar-refractivity contribution in [1.29, 1.82) is 0 Å². The minimum Gasteiger partial charge on any atom is -0.325 e. The predicted octanol–water partition coefficient (Wildman–Crippen LogP) is 1.98. The molecule has 0 spiro atoms. The Morgan fingerprint density at radius 2 is 2.25 bits per heavy atom. The third kappa shape index (κ3) is 4.86. The maximum absolute atomic E-state index is 11.7. The van der Waals surface area contributed by atoms with E-state index in [1.165, 1.54) is 6.42 Å². The highest BCUT2D eigenvalue weighted by Gasteiger charge is 2.02. The maximum Gasteiger partial charge on any atom is 0.0542 e. The van der Waals surface area contributed by atoms with Gasteiger partial charge in [-0.05, 0) is 24.1 Å². The molecule has 1 unspecified atom stereocenters. The summed E-state index contributed by atoms with van der Waals surface area (Å²) < 4.78 is 11.7. The molecule has 0 saturated heterocycles. The standard InChI is InChI=1S/C12H20N2OS/c1-2-3-4-7-16(15)10-11-5-6-14-12(8-11)9-13/h5-6,8H,2-4,7,9-10,13H2,1H3. The summed E-state index contributed by atoms with van der Waals surface area (Å²) >= 11 is 0. The highest BCUT2D eigenvalue weighted by Crippen LogP contribution is 2.06. The fraction of sp³-hybridized carbons (Fsp3) is 0.583. The molecule has 90 valence electrons. The van der Waals surface area contributed by atoms with Gasteiger partial charge in [-0.2, -0.15) is 0 Å². The Morgan fingerprint density at radius 1 is 1.44 bits per heavy atom. The third-order valence-electron chi connectivity index (χ3n) is 2.39. The number of nitrogens with two attached hydrogens (primary N) is 1. The molecule has 1 aromatic rings. The van der Waals surface area contributed by atoms with Crippen LogP contribution in [0.25, 0.3) is 0 Å². The topological polar surface area (TPSA) is 56.0 Å². The number of hydrogen-bond donors (Lipinski definition) is 1. The summed E-state index contributed by atoms with van der Waals surface area (Å²) in [5, 5.41) is 0. The lowest BCUT2D eigenvalue weighted by Gasteiger charge is -2.03. The summed E-state index contributed by atoms with van der Waals surface area (Å²) in [6.07, 6.45) is 5.12. The van der Waals surface area contributed by atoms with Crippen LogP contribution < -0.4 is 5.73 Å². The van der Waals surface area contributed by atoms with Crippen LogP contribution in [0.15, 0.2) is 18.3 Å². The molecule has 0 aromatic carbocycles. The summed E-state index contributed by atoms with van der Waals surface area (Å²) in [7, 11) is -0.751. The van der Waals surface area contributed by atoms with Gasteiger partial charge >= 0.3 is 0 Å². The van der Waals surface area contributed by atoms with Crippen molar-refractivity contribution in [3.05, 3.63) is 29.6 Å². The van der Waals surface area contributed by atoms with Crippen molar-refractivity contribution in [2.75, 3.05) is 5.75 Å². The van der Waals surface area contributed by atoms with Crippen LogP contribution in [0.1, 0.15) is 37.4 Å². The molecule has 1 aromatic heterocycles. The van der Waals surface area contributed by atoms with E-state index in [9.17, 15) is 4.21 Å². The lowest BCUT2D eigenvalue weighted by molar-refractivity contribution is 0.675. The predicted molar refractivity (Wildman–Crippen MR) is 68.4 cm³/mol. The van der Waals surface area contributed by atoms with Crippen LogP contribution >= 0.6 is 0 Å². The van der Waals surface area contributed by atoms with Crippen molar-refractivity contribution in [3.8, 4) is 0 Å². The zero-order valence-electron chi connectivity index (χ0n) is 9.82. The van der Waals surface area contributed by atoms with Gasteiger partial charge in [0.1, 0.15) is 0 Å². The molecule has 1 rings (SSSR count). The summed E-state index contributed by atoms with van der Waals surface area (Å²) in [6, 6.07) is 3.86. The molecule has 0 amide bonds. The van der Waals surface area contributed by atoms with Crippen LogP contribution in [0.4, 0.5) is 0 Å². The van der Waals surface area contributed by atoms with E-state index in [2.05, 4.69) is 11.9 Å². The van der Waals surface area contributed by atoms with E-state index >= 15 is 0 Å². The summed E-state index contributed by atoms with van der Waals surface area (Å²) in [4.78, 5) is 4.12. The number of aromatic nitrogens is 1. The normalized spacial score (nSPS) is 12.6. The van der Waals surface area contributed by atoms with Crippen LogP contribution in [0, 0.1) is 0 Å². The Kier molecular flexibility index (Phi) is 6.26. The van der Waals surface area contributed by atoms with E-state index in [4.69, 9.17) is 5.73 Å². The third-order valence-corrected chi connectivity index (χ3v) is 3.79. The van der Waals surface area contributed by atoms with E-state index in [1.807, 2.05) is 12.1 Å². The average molecular weight is 240 g/mol. The molecule has 0 aliphatic rings. The van der Waals surface area contributed by atoms with Gasteiger partial charge in [0.05, 0.1) is 5.69 Å². The van der Waals surface area contributed by atoms with Crippen molar-refractivity contribution in [2.45, 2.75) is 38.5 Å². The lowest BCUT2D eigenvalue weighted by Crippen LogP contribution is -2.04. The number of unbranched alkanes of at least 4 members (excludes halogenated alkanes) is 2. The van der Waals surface area contributed by atoms with Gasteiger partial charge in [0.15, 0.2) is 0 Å². The average Bonchev–Trinajstić information content (AvgIpc) is 2.29. The summed E-state index contributed by atoms with van der Waals surface area (Å²) in [6.45, 7) is 2.59. The van der Waals surface area contributed by atoms with Crippen molar-refractivity contribution in [2.24, 2.45) is 5.73 Å². The van der Waals surface area contributed by atoms with Gasteiger partial charge in [-0.15, -0.1) is 0 Å². The van der Waals surface area contributed by atoms with E-state index in [0.717, 1.165) is 29.9 Å². The first kappa shape index (κ1) is 13.3. The number of hydrogen-bond acceptors (Lipinski definition) is 3. The molecule has 4 heteroatoms. The molecule has 0 fully saturated rings. The first-order chi connectivity index (χ1) is 7.76. The molecule has 0 radical (unpaired) electrons. The fourth-order valence-electron chi connectivity index (χ4n) is 1.50. The molecular formula is C12H20N2OS. The molecule has 1 atom stereocenters. The molecule has 0 aliphatic heterocycles. The van der Waals surface area contributed by atoms with Crippen LogP contribution in [0.2, 0.25) is 0 Å². The van der Waals surface area contributed by atoms with Crippen molar-refractivity contribution in [3.63, 3.8) is 0 Å². The second-order valence-electron chi connectivity index (χ2n) is 3.85. The molecule has 1 heterocycles. The van der Waals surface area contributed by atoms with Crippen LogP contribution in [0.3, 0.4) is 0 Å². The first-order valence-electron chi connectivity index (χ1n) is 5.75. The highest BCUT2D eigenvalue weighted by molar-refractivity contribution is 7.84. The van der Waals surface area contributed by atoms with Crippen molar-refractivity contribution in [1.82, 2.24) is 4.98 Å². The Balaban J connectivity index is 2.43. The van der Waals surface area contributed by atoms with E-state index < -0.39 is 10.8 Å². The van der Waals surface area contributed by atoms with Gasteiger partial charge in [-0.1, -0.05) is 19.8 Å². The quantitative estimate of drug-likeness (QED) is 0.741. The Labute approximate surface area is 99.9 Å². The van der Waals surface area contributed by atoms with E-state index in [-0.39, 0.29) is 0 Å². The van der Waals surface area contributed by atoms with Gasteiger partial charge < -0.3 is 5.73 Å². The van der Waals surface area contributed by atoms with Gasteiger partial charge in [0, 0.05) is 35.0 Å². The summed E-state index contributed by atoms with van der Waals surface area (Å²) in [5.74, 6) is 1.42. The zero-order valence-corrected chi connectivity index (χ0v) is 10.6. The molecule has 3 nitrogen and oxygen atoms in total. The Hall–Kier alpha value is -0.740. The molecule has 2 N–H and O–H groups in total. The number of nitrogens with zero attached hydrogens (tertiary/aromatic N) is 1. The second-order valence-corrected chi connectivity index (χ2v) is 5.43. The molecule has 0 aliphatic carbocycles. The second kappa shape index (κ2) is 7.52. The van der Waals surface area contributed by atoms with Crippen LogP contribution in [-0.2, 0) is 23.1 Å². The molecule has 0 saturated carbocycles. The lowest BCUT2D eigenvalue weighted by atomic mass is 10.2. The summed E-state index contributed by atoms with van der Waals surface area (Å²) in [5.41, 5.74) is 7.45. The van der Waals surface area contributed by atoms with Gasteiger partial charge in [-0.3, -0.25) is 9.19 Å². The van der Waals surface area contributed by atoms with Gasteiger partial charge in [0.2, 0.25) is 0 Å². The fourth-order valence-corrected chi connectivity index (χ4v) is 2.72. The number of pyridine rings is 1. The Morgan fingerprint density at radius 3 is 2.94 bits per heavy atom. The molecule has 16 heavy (non-hydrogen) atoms. The monoisotopic (exact) mass is 240 g/mol. The van der Waals surface area contributed by atoms with Gasteiger partial charge in [-0.25, -0.2) is 0 Å². The minimum absolute atomic E-state index is 0.441. The van der Waals surface area contributed by atoms with Gasteiger partial charge in [0.25, 0.3) is 0 Å². The van der Waals surface area contributed by atoms with Crippen molar-refractivity contribution >= 4 is 10.8 Å². The minimum atomic E-state index is -0.751. The van der Waals surface area contributed by atoms with E-state index in [0.29, 0.717) is 12.3 Å². The zero-order chi connectivity index (χ0) is 11.8. The number of rotatable bonds is 7. The molecule has 0 bridgehead atoms.